The number of carboxylic acids is 2. The molecule has 13 heteroatoms. The molecule has 182 valence electrons. The molecule has 0 aliphatic carbocycles. The van der Waals surface area contributed by atoms with E-state index in [9.17, 15) is 19.5 Å². The first-order chi connectivity index (χ1) is 16.6. The monoisotopic (exact) mass is 480 g/mol. The van der Waals surface area contributed by atoms with Crippen LogP contribution in [0.25, 0.3) is 11.2 Å². The number of aromatic nitrogens is 4. The van der Waals surface area contributed by atoms with Crippen molar-refractivity contribution >= 4 is 46.5 Å². The largest absolute Gasteiger partial charge is 0.481 e. The summed E-state index contributed by atoms with van der Waals surface area (Å²) in [4.78, 5) is 53.8. The Kier molecular flexibility index (Phi) is 6.32. The Labute approximate surface area is 199 Å². The molecule has 0 saturated heterocycles. The van der Waals surface area contributed by atoms with Crippen molar-refractivity contribution in [3.63, 3.8) is 0 Å². The summed E-state index contributed by atoms with van der Waals surface area (Å²) < 4.78 is 0. The van der Waals surface area contributed by atoms with E-state index in [1.807, 2.05) is 6.92 Å². The van der Waals surface area contributed by atoms with E-state index in [4.69, 9.17) is 16.6 Å². The molecule has 35 heavy (non-hydrogen) atoms. The lowest BCUT2D eigenvalue weighted by atomic mass is 10.0. The second-order valence-corrected chi connectivity index (χ2v) is 8.27. The van der Waals surface area contributed by atoms with Crippen molar-refractivity contribution in [3.05, 3.63) is 40.7 Å². The lowest BCUT2D eigenvalue weighted by Crippen LogP contribution is -2.41. The predicted molar refractivity (Wildman–Crippen MR) is 126 cm³/mol. The number of amides is 1. The molecular formula is C22H24N8O5. The molecular weight excluding hydrogens is 456 g/mol. The predicted octanol–water partition coefficient (Wildman–Crippen LogP) is 0.503. The Morgan fingerprint density at radius 2 is 1.94 bits per heavy atom. The molecule has 4 rings (SSSR count). The van der Waals surface area contributed by atoms with E-state index in [-0.39, 0.29) is 24.6 Å². The maximum Gasteiger partial charge on any atom is 0.326 e. The van der Waals surface area contributed by atoms with Crippen LogP contribution in [0.1, 0.15) is 40.0 Å². The van der Waals surface area contributed by atoms with Crippen LogP contribution >= 0.6 is 0 Å². The summed E-state index contributed by atoms with van der Waals surface area (Å²) in [5, 5.41) is 20.5. The zero-order chi connectivity index (χ0) is 25.3. The number of nitrogens with one attached hydrogen (secondary N) is 1. The maximum absolute atomic E-state index is 12.7. The highest BCUT2D eigenvalue weighted by molar-refractivity contribution is 5.97. The van der Waals surface area contributed by atoms with Crippen LogP contribution < -0.4 is 21.7 Å². The third-order valence-corrected chi connectivity index (χ3v) is 5.71. The van der Waals surface area contributed by atoms with Crippen LogP contribution in [-0.4, -0.2) is 60.6 Å². The van der Waals surface area contributed by atoms with Crippen molar-refractivity contribution < 1.29 is 24.6 Å². The molecule has 1 atom stereocenters. The molecule has 1 unspecified atom stereocenters. The number of hydrogen-bond donors (Lipinski definition) is 5. The van der Waals surface area contributed by atoms with Gasteiger partial charge in [-0.2, -0.15) is 9.97 Å². The van der Waals surface area contributed by atoms with E-state index in [2.05, 4.69) is 30.2 Å². The maximum atomic E-state index is 12.7. The highest BCUT2D eigenvalue weighted by Gasteiger charge is 2.26. The van der Waals surface area contributed by atoms with Crippen LogP contribution in [0.4, 0.5) is 17.5 Å². The average molecular weight is 480 g/mol. The third kappa shape index (κ3) is 5.03. The van der Waals surface area contributed by atoms with Gasteiger partial charge in [-0.25, -0.2) is 14.8 Å². The molecule has 13 nitrogen and oxygen atoms in total. The van der Waals surface area contributed by atoms with Gasteiger partial charge in [-0.3, -0.25) is 9.59 Å². The average Bonchev–Trinajstić information content (AvgIpc) is 3.19. The van der Waals surface area contributed by atoms with Gasteiger partial charge in [0.2, 0.25) is 5.95 Å². The minimum atomic E-state index is -1.29. The van der Waals surface area contributed by atoms with Crippen molar-refractivity contribution in [2.24, 2.45) is 0 Å². The molecule has 2 aromatic heterocycles. The van der Waals surface area contributed by atoms with Gasteiger partial charge in [-0.1, -0.05) is 0 Å². The molecule has 1 amide bonds. The molecule has 7 N–H and O–H groups in total. The van der Waals surface area contributed by atoms with Gasteiger partial charge in [0.1, 0.15) is 6.04 Å². The van der Waals surface area contributed by atoms with Crippen molar-refractivity contribution in [3.8, 4) is 0 Å². The van der Waals surface area contributed by atoms with E-state index in [1.54, 1.807) is 18.3 Å². The normalized spacial score (nSPS) is 13.5. The molecule has 0 spiro atoms. The summed E-state index contributed by atoms with van der Waals surface area (Å²) >= 11 is 0. The smallest absolute Gasteiger partial charge is 0.326 e. The first kappa shape index (κ1) is 23.6. The summed E-state index contributed by atoms with van der Waals surface area (Å²) in [5.74, 6) is -2.80. The standard InChI is InChI=1S/C22H24N8O5/c1-10-6-12(20(33)27-14(21(34)35)2-3-15(31)32)7-11-4-5-30(17(10)11)9-13-8-25-19-16(26-13)18(23)28-22(24)29-19/h6-8,14H,2-5,9H2,1H3,(H,27,33)(H,31,32)(H,34,35)(H4,23,24,25,28,29). The number of aliphatic carboxylic acids is 2. The molecule has 1 aromatic carbocycles. The quantitative estimate of drug-likeness (QED) is 0.298. The third-order valence-electron chi connectivity index (χ3n) is 5.71. The molecule has 0 saturated carbocycles. The summed E-state index contributed by atoms with van der Waals surface area (Å²) in [6, 6.07) is 2.12. The number of rotatable bonds is 8. The molecule has 0 fully saturated rings. The van der Waals surface area contributed by atoms with Crippen molar-refractivity contribution in [1.82, 2.24) is 25.3 Å². The Morgan fingerprint density at radius 1 is 1.17 bits per heavy atom. The number of carbonyl (C=O) groups excluding carboxylic acids is 1. The summed E-state index contributed by atoms with van der Waals surface area (Å²) in [6.45, 7) is 3.00. The fraction of sp³-hybridized carbons (Fsp3) is 0.318. The number of hydrogen-bond acceptors (Lipinski definition) is 10. The van der Waals surface area contributed by atoms with E-state index in [1.165, 1.54) is 0 Å². The van der Waals surface area contributed by atoms with Gasteiger partial charge in [0, 0.05) is 24.2 Å². The highest BCUT2D eigenvalue weighted by atomic mass is 16.4. The number of benzene rings is 1. The van der Waals surface area contributed by atoms with E-state index < -0.39 is 23.9 Å². The first-order valence-electron chi connectivity index (χ1n) is 10.8. The number of nitrogen functional groups attached to an aromatic ring is 2. The molecule has 1 aliphatic heterocycles. The first-order valence-corrected chi connectivity index (χ1v) is 10.8. The zero-order valence-electron chi connectivity index (χ0n) is 18.9. The van der Waals surface area contributed by atoms with E-state index in [0.29, 0.717) is 41.9 Å². The summed E-state index contributed by atoms with van der Waals surface area (Å²) in [6.07, 6.45) is 1.72. The molecule has 3 heterocycles. The molecule has 0 radical (unpaired) electrons. The Bertz CT molecular complexity index is 1350. The van der Waals surface area contributed by atoms with Crippen LogP contribution in [0.15, 0.2) is 18.3 Å². The lowest BCUT2D eigenvalue weighted by Gasteiger charge is -2.21. The zero-order valence-corrected chi connectivity index (χ0v) is 18.9. The number of aryl methyl sites for hydroxylation is 1. The second kappa shape index (κ2) is 9.37. The number of carboxylic acid groups (broad SMARTS) is 2. The van der Waals surface area contributed by atoms with E-state index in [0.717, 1.165) is 16.8 Å². The molecule has 3 aromatic rings. The van der Waals surface area contributed by atoms with Crippen molar-refractivity contribution in [2.45, 2.75) is 38.8 Å². The fourth-order valence-corrected chi connectivity index (χ4v) is 4.17. The molecule has 1 aliphatic rings. The Morgan fingerprint density at radius 3 is 2.66 bits per heavy atom. The minimum absolute atomic E-state index is 0.0255. The van der Waals surface area contributed by atoms with Crippen LogP contribution in [-0.2, 0) is 22.6 Å². The van der Waals surface area contributed by atoms with Gasteiger partial charge in [-0.15, -0.1) is 0 Å². The number of anilines is 3. The van der Waals surface area contributed by atoms with Crippen LogP contribution in [0.2, 0.25) is 0 Å². The Hall–Kier alpha value is -4.55. The SMILES string of the molecule is Cc1cc(C(=O)NC(CCC(=O)O)C(=O)O)cc2c1N(Cc1cnc3nc(N)nc(N)c3n1)CC2. The van der Waals surface area contributed by atoms with Crippen LogP contribution in [0.5, 0.6) is 0 Å². The topological polar surface area (TPSA) is 211 Å². The number of nitrogens with two attached hydrogens (primary N) is 2. The van der Waals surface area contributed by atoms with Gasteiger partial charge < -0.3 is 31.9 Å². The summed E-state index contributed by atoms with van der Waals surface area (Å²) in [5.41, 5.74) is 15.9. The van der Waals surface area contributed by atoms with E-state index >= 15 is 0 Å². The van der Waals surface area contributed by atoms with Gasteiger partial charge in [0.25, 0.3) is 5.91 Å². The van der Waals surface area contributed by atoms with Gasteiger partial charge in [0.05, 0.1) is 18.4 Å². The second-order valence-electron chi connectivity index (χ2n) is 8.27. The molecule has 0 bridgehead atoms. The van der Waals surface area contributed by atoms with Gasteiger partial charge in [0.15, 0.2) is 17.0 Å². The highest BCUT2D eigenvalue weighted by Crippen LogP contribution is 2.34. The Balaban J connectivity index is 1.53. The number of fused-ring (bicyclic) bond motifs is 2. The van der Waals surface area contributed by atoms with Gasteiger partial charge >= 0.3 is 11.9 Å². The number of carbonyl (C=O) groups is 3. The number of nitrogens with zero attached hydrogens (tertiary/aromatic N) is 5. The van der Waals surface area contributed by atoms with Gasteiger partial charge in [-0.05, 0) is 43.0 Å². The van der Waals surface area contributed by atoms with Crippen molar-refractivity contribution in [2.75, 3.05) is 22.9 Å². The fourth-order valence-electron chi connectivity index (χ4n) is 4.17. The van der Waals surface area contributed by atoms with Crippen LogP contribution in [0, 0.1) is 6.92 Å². The lowest BCUT2D eigenvalue weighted by molar-refractivity contribution is -0.140. The minimum Gasteiger partial charge on any atom is -0.481 e. The van der Waals surface area contributed by atoms with Crippen molar-refractivity contribution in [1.29, 1.82) is 0 Å². The van der Waals surface area contributed by atoms with Crippen LogP contribution in [0.3, 0.4) is 0 Å². The summed E-state index contributed by atoms with van der Waals surface area (Å²) in [7, 11) is 0.